The molecule has 1 aromatic rings. The summed E-state index contributed by atoms with van der Waals surface area (Å²) in [5, 5.41) is 3.10. The molecule has 1 aliphatic heterocycles. The van der Waals surface area contributed by atoms with Crippen LogP contribution < -0.4 is 15.0 Å². The third-order valence-corrected chi connectivity index (χ3v) is 2.33. The fourth-order valence-electron chi connectivity index (χ4n) is 1.61. The van der Waals surface area contributed by atoms with Gasteiger partial charge in [-0.1, -0.05) is 0 Å². The van der Waals surface area contributed by atoms with E-state index in [0.29, 0.717) is 0 Å². The maximum atomic E-state index is 11.9. The van der Waals surface area contributed by atoms with E-state index < -0.39 is 6.36 Å². The van der Waals surface area contributed by atoms with Crippen LogP contribution >= 0.6 is 0 Å². The third-order valence-electron chi connectivity index (χ3n) is 2.33. The fourth-order valence-corrected chi connectivity index (χ4v) is 1.61. The monoisotopic (exact) mass is 245 g/mol. The van der Waals surface area contributed by atoms with E-state index in [1.165, 1.54) is 12.1 Å². The van der Waals surface area contributed by atoms with Crippen LogP contribution in [0.5, 0.6) is 5.75 Å². The molecular formula is C11H12F3N2O+. The lowest BCUT2D eigenvalue weighted by atomic mass is 10.3. The Hall–Kier alpha value is -1.72. The molecule has 17 heavy (non-hydrogen) atoms. The van der Waals surface area contributed by atoms with Gasteiger partial charge in [0, 0.05) is 0 Å². The molecule has 92 valence electrons. The smallest absolute Gasteiger partial charge is 0.406 e. The van der Waals surface area contributed by atoms with Gasteiger partial charge in [-0.15, -0.1) is 13.2 Å². The number of nitrogens with one attached hydrogen (secondary N) is 2. The van der Waals surface area contributed by atoms with Gasteiger partial charge < -0.3 is 4.74 Å². The lowest BCUT2D eigenvalue weighted by Gasteiger charge is -2.08. The van der Waals surface area contributed by atoms with E-state index in [2.05, 4.69) is 15.0 Å². The maximum Gasteiger partial charge on any atom is 0.573 e. The standard InChI is InChI=1S/C11H11F3N2O/c12-11(13,14)17-9-5-3-8(4-6-9)16-10-2-1-7-15-10/h3-6H,1-2,7H2,(H,15,16)/p+1. The zero-order chi connectivity index (χ0) is 12.3. The largest absolute Gasteiger partial charge is 0.573 e. The van der Waals surface area contributed by atoms with E-state index >= 15 is 0 Å². The summed E-state index contributed by atoms with van der Waals surface area (Å²) in [6, 6.07) is 5.67. The molecule has 0 bridgehead atoms. The average molecular weight is 245 g/mol. The normalized spacial score (nSPS) is 15.6. The van der Waals surface area contributed by atoms with Crippen molar-refractivity contribution in [2.24, 2.45) is 0 Å². The summed E-state index contributed by atoms with van der Waals surface area (Å²) < 4.78 is 39.5. The molecule has 1 aromatic carbocycles. The highest BCUT2D eigenvalue weighted by Crippen LogP contribution is 2.23. The van der Waals surface area contributed by atoms with Crippen LogP contribution in [0, 0.1) is 0 Å². The third kappa shape index (κ3) is 3.65. The first-order chi connectivity index (χ1) is 8.03. The quantitative estimate of drug-likeness (QED) is 0.823. The molecule has 0 unspecified atom stereocenters. The van der Waals surface area contributed by atoms with Crippen molar-refractivity contribution in [2.45, 2.75) is 19.2 Å². The van der Waals surface area contributed by atoms with Gasteiger partial charge in [-0.25, -0.2) is 5.32 Å². The predicted molar refractivity (Wildman–Crippen MR) is 56.8 cm³/mol. The second-order valence-electron chi connectivity index (χ2n) is 3.71. The van der Waals surface area contributed by atoms with Gasteiger partial charge in [-0.2, -0.15) is 0 Å². The van der Waals surface area contributed by atoms with E-state index in [0.717, 1.165) is 30.9 Å². The van der Waals surface area contributed by atoms with Crippen molar-refractivity contribution in [3.8, 4) is 5.75 Å². The first-order valence-electron chi connectivity index (χ1n) is 5.25. The predicted octanol–water partition coefficient (Wildman–Crippen LogP) is 1.27. The molecule has 2 N–H and O–H groups in total. The number of benzene rings is 1. The van der Waals surface area contributed by atoms with Crippen LogP contribution in [-0.4, -0.2) is 18.7 Å². The van der Waals surface area contributed by atoms with Gasteiger partial charge in [0.1, 0.15) is 11.4 Å². The van der Waals surface area contributed by atoms with Crippen LogP contribution in [0.1, 0.15) is 12.8 Å². The van der Waals surface area contributed by atoms with Gasteiger partial charge >= 0.3 is 6.36 Å². The number of amidine groups is 1. The first-order valence-corrected chi connectivity index (χ1v) is 5.25. The number of hydrogen-bond acceptors (Lipinski definition) is 2. The van der Waals surface area contributed by atoms with Crippen molar-refractivity contribution >= 4 is 11.5 Å². The zero-order valence-electron chi connectivity index (χ0n) is 8.97. The number of hydrogen-bond donors (Lipinski definition) is 2. The van der Waals surface area contributed by atoms with Crippen molar-refractivity contribution in [3.63, 3.8) is 0 Å². The maximum absolute atomic E-state index is 11.9. The van der Waals surface area contributed by atoms with E-state index in [-0.39, 0.29) is 5.75 Å². The lowest BCUT2D eigenvalue weighted by molar-refractivity contribution is -0.447. The SMILES string of the molecule is FC(F)(F)Oc1ccc(NC2=[NH+]CCC2)cc1. The minimum Gasteiger partial charge on any atom is -0.406 e. The molecule has 1 heterocycles. The molecule has 0 fully saturated rings. The Morgan fingerprint density at radius 1 is 1.18 bits per heavy atom. The molecule has 0 aliphatic carbocycles. The summed E-state index contributed by atoms with van der Waals surface area (Å²) in [7, 11) is 0. The fraction of sp³-hybridized carbons (Fsp3) is 0.364. The number of anilines is 1. The molecule has 6 heteroatoms. The molecule has 0 aromatic heterocycles. The molecule has 1 aliphatic rings. The summed E-state index contributed by atoms with van der Waals surface area (Å²) in [6.45, 7) is 0.928. The topological polar surface area (TPSA) is 35.2 Å². The summed E-state index contributed by atoms with van der Waals surface area (Å²) in [5.41, 5.74) is 0.740. The molecule has 2 rings (SSSR count). The second-order valence-corrected chi connectivity index (χ2v) is 3.71. The molecule has 0 amide bonds. The van der Waals surface area contributed by atoms with Gasteiger partial charge in [-0.3, -0.25) is 4.99 Å². The van der Waals surface area contributed by atoms with Crippen molar-refractivity contribution in [3.05, 3.63) is 24.3 Å². The molecule has 0 atom stereocenters. The van der Waals surface area contributed by atoms with Crippen LogP contribution in [0.4, 0.5) is 18.9 Å². The Balaban J connectivity index is 1.98. The van der Waals surface area contributed by atoms with Crippen LogP contribution in [-0.2, 0) is 0 Å². The Morgan fingerprint density at radius 2 is 1.88 bits per heavy atom. The first kappa shape index (κ1) is 11.8. The summed E-state index contributed by atoms with van der Waals surface area (Å²) in [6.07, 6.45) is -2.64. The summed E-state index contributed by atoms with van der Waals surface area (Å²) >= 11 is 0. The number of alkyl halides is 3. The highest BCUT2D eigenvalue weighted by Gasteiger charge is 2.31. The van der Waals surface area contributed by atoms with Crippen molar-refractivity contribution in [1.82, 2.24) is 0 Å². The summed E-state index contributed by atoms with van der Waals surface area (Å²) in [5.74, 6) is 0.780. The Labute approximate surface area is 96.3 Å². The lowest BCUT2D eigenvalue weighted by Crippen LogP contribution is -2.70. The second kappa shape index (κ2) is 4.65. The Kier molecular flexibility index (Phi) is 3.21. The van der Waals surface area contributed by atoms with Crippen LogP contribution in [0.2, 0.25) is 0 Å². The number of rotatable bonds is 2. The zero-order valence-corrected chi connectivity index (χ0v) is 8.97. The highest BCUT2D eigenvalue weighted by atomic mass is 19.4. The van der Waals surface area contributed by atoms with Gasteiger partial charge in [0.25, 0.3) is 0 Å². The molecule has 0 saturated heterocycles. The molecular weight excluding hydrogens is 233 g/mol. The van der Waals surface area contributed by atoms with Crippen LogP contribution in [0.25, 0.3) is 0 Å². The molecule has 0 saturated carbocycles. The van der Waals surface area contributed by atoms with Gasteiger partial charge in [-0.05, 0) is 30.7 Å². The van der Waals surface area contributed by atoms with Gasteiger partial charge in [0.2, 0.25) is 5.84 Å². The highest BCUT2D eigenvalue weighted by molar-refractivity contribution is 5.91. The Bertz CT molecular complexity index is 412. The minimum atomic E-state index is -4.64. The van der Waals surface area contributed by atoms with E-state index in [1.54, 1.807) is 12.1 Å². The Morgan fingerprint density at radius 3 is 2.41 bits per heavy atom. The van der Waals surface area contributed by atoms with Crippen molar-refractivity contribution in [2.75, 3.05) is 11.9 Å². The average Bonchev–Trinajstić information content (AvgIpc) is 2.71. The molecule has 0 radical (unpaired) electrons. The van der Waals surface area contributed by atoms with E-state index in [4.69, 9.17) is 0 Å². The van der Waals surface area contributed by atoms with Gasteiger partial charge in [0.15, 0.2) is 0 Å². The van der Waals surface area contributed by atoms with Gasteiger partial charge in [0.05, 0.1) is 13.0 Å². The van der Waals surface area contributed by atoms with E-state index in [9.17, 15) is 13.2 Å². The van der Waals surface area contributed by atoms with Crippen molar-refractivity contribution < 1.29 is 22.9 Å². The van der Waals surface area contributed by atoms with E-state index in [1.807, 2.05) is 0 Å². The molecule has 3 nitrogen and oxygen atoms in total. The molecule has 0 spiro atoms. The summed E-state index contributed by atoms with van der Waals surface area (Å²) in [4.78, 5) is 3.15. The number of halogens is 3. The van der Waals surface area contributed by atoms with Crippen LogP contribution in [0.15, 0.2) is 24.3 Å². The minimum absolute atomic E-state index is 0.215. The van der Waals surface area contributed by atoms with Crippen molar-refractivity contribution in [1.29, 1.82) is 0 Å². The van der Waals surface area contributed by atoms with Crippen LogP contribution in [0.3, 0.4) is 0 Å². The number of ether oxygens (including phenoxy) is 1.